The molecule has 0 aliphatic carbocycles. The van der Waals surface area contributed by atoms with Gasteiger partial charge in [-0.2, -0.15) is 0 Å². The van der Waals surface area contributed by atoms with Crippen LogP contribution in [0.4, 0.5) is 0 Å². The number of carboxylic acids is 1. The second kappa shape index (κ2) is 4.83. The highest BCUT2D eigenvalue weighted by Crippen LogP contribution is 2.46. The largest absolute Gasteiger partial charge is 0.481 e. The molecule has 1 fully saturated rings. The van der Waals surface area contributed by atoms with Gasteiger partial charge in [0.2, 0.25) is 5.78 Å². The van der Waals surface area contributed by atoms with Crippen LogP contribution >= 0.6 is 11.6 Å². The van der Waals surface area contributed by atoms with E-state index in [1.807, 2.05) is 25.2 Å². The highest BCUT2D eigenvalue weighted by atomic mass is 35.5. The summed E-state index contributed by atoms with van der Waals surface area (Å²) < 4.78 is 0.212. The predicted molar refractivity (Wildman–Crippen MR) is 78.5 cm³/mol. The summed E-state index contributed by atoms with van der Waals surface area (Å²) >= 11 is 6.24. The van der Waals surface area contributed by atoms with E-state index >= 15 is 0 Å². The number of hydrogen-bond acceptors (Lipinski definition) is 2. The van der Waals surface area contributed by atoms with Gasteiger partial charge < -0.3 is 5.11 Å². The van der Waals surface area contributed by atoms with Gasteiger partial charge in [-0.05, 0) is 0 Å². The molecule has 1 saturated heterocycles. The Hall–Kier alpha value is -1.91. The monoisotopic (exact) mass is 304 g/mol. The third-order valence-electron chi connectivity index (χ3n) is 4.33. The minimum atomic E-state index is -0.883. The molecular weight excluding hydrogens is 290 g/mol. The van der Waals surface area contributed by atoms with Gasteiger partial charge in [0.15, 0.2) is 5.70 Å². The smallest absolute Gasteiger partial charge is 0.316 e. The van der Waals surface area contributed by atoms with E-state index in [0.717, 1.165) is 0 Å². The number of carbonyl (C=O) groups excluding carboxylic acids is 1. The van der Waals surface area contributed by atoms with E-state index in [1.54, 1.807) is 18.2 Å². The first-order valence-electron chi connectivity index (χ1n) is 6.76. The molecule has 0 spiro atoms. The van der Waals surface area contributed by atoms with Crippen LogP contribution in [0.5, 0.6) is 0 Å². The zero-order valence-corrected chi connectivity index (χ0v) is 12.3. The van der Waals surface area contributed by atoms with Crippen molar-refractivity contribution in [1.29, 1.82) is 0 Å². The number of hydrogen-bond donors (Lipinski definition) is 1. The number of quaternary nitrogens is 1. The molecule has 0 saturated carbocycles. The number of aliphatic carboxylic acids is 1. The van der Waals surface area contributed by atoms with Crippen molar-refractivity contribution in [2.75, 3.05) is 13.6 Å². The molecule has 1 N–H and O–H groups in total. The molecule has 21 heavy (non-hydrogen) atoms. The van der Waals surface area contributed by atoms with E-state index in [-0.39, 0.29) is 10.3 Å². The van der Waals surface area contributed by atoms with E-state index in [0.29, 0.717) is 35.0 Å². The molecule has 3 rings (SSSR count). The molecule has 2 unspecified atom stereocenters. The zero-order valence-electron chi connectivity index (χ0n) is 11.5. The van der Waals surface area contributed by atoms with Crippen LogP contribution < -0.4 is 0 Å². The summed E-state index contributed by atoms with van der Waals surface area (Å²) in [6.07, 6.45) is 2.12. The van der Waals surface area contributed by atoms with Crippen LogP contribution in [0.3, 0.4) is 0 Å². The number of fused-ring (bicyclic) bond motifs is 1. The summed E-state index contributed by atoms with van der Waals surface area (Å²) in [5.41, 5.74) is 1.76. The van der Waals surface area contributed by atoms with Crippen molar-refractivity contribution in [1.82, 2.24) is 0 Å². The first-order valence-corrected chi connectivity index (χ1v) is 7.13. The van der Waals surface area contributed by atoms with Gasteiger partial charge in [0.25, 0.3) is 0 Å². The van der Waals surface area contributed by atoms with Gasteiger partial charge in [0.05, 0.1) is 13.6 Å². The molecule has 4 nitrogen and oxygen atoms in total. The number of Topliss-reactive ketones (excluding diaryl/α,β-unsaturated/α-hetero) is 1. The molecule has 2 aliphatic heterocycles. The number of ketones is 1. The first-order chi connectivity index (χ1) is 9.95. The molecule has 0 amide bonds. The number of carboxylic acid groups (broad SMARTS) is 1. The van der Waals surface area contributed by atoms with Crippen molar-refractivity contribution < 1.29 is 19.2 Å². The van der Waals surface area contributed by atoms with Crippen LogP contribution in [-0.2, 0) is 4.79 Å². The van der Waals surface area contributed by atoms with Gasteiger partial charge in [-0.25, -0.2) is 0 Å². The fourth-order valence-electron chi connectivity index (χ4n) is 3.24. The van der Waals surface area contributed by atoms with Crippen molar-refractivity contribution in [3.8, 4) is 0 Å². The average molecular weight is 305 g/mol. The molecule has 2 heterocycles. The Kier molecular flexibility index (Phi) is 3.23. The molecular formula is C16H15ClNO3+. The highest BCUT2D eigenvalue weighted by Gasteiger charge is 2.53. The summed E-state index contributed by atoms with van der Waals surface area (Å²) in [6, 6.07) is 8.98. The summed E-state index contributed by atoms with van der Waals surface area (Å²) in [5.74, 6) is -1.59. The van der Waals surface area contributed by atoms with Gasteiger partial charge in [-0.3, -0.25) is 14.1 Å². The Morgan fingerprint density at radius 3 is 2.57 bits per heavy atom. The zero-order chi connectivity index (χ0) is 15.2. The number of likely N-dealkylation sites (N-methyl/N-ethyl adjacent to an activating group) is 1. The summed E-state index contributed by atoms with van der Waals surface area (Å²) in [7, 11) is 1.86. The molecule has 0 radical (unpaired) electrons. The molecule has 5 heteroatoms. The number of allylic oxidation sites excluding steroid dienone is 3. The number of carbonyl (C=O) groups is 2. The van der Waals surface area contributed by atoms with E-state index in [2.05, 4.69) is 0 Å². The van der Waals surface area contributed by atoms with Crippen LogP contribution in [-0.4, -0.2) is 34.9 Å². The first kappa shape index (κ1) is 14.0. The van der Waals surface area contributed by atoms with Crippen molar-refractivity contribution in [2.24, 2.45) is 5.92 Å². The van der Waals surface area contributed by atoms with Gasteiger partial charge in [-0.1, -0.05) is 41.9 Å². The maximum Gasteiger partial charge on any atom is 0.316 e. The SMILES string of the molecule is C[N+]12CCC(C(=O)O)C1=C(Cl)C=C2C(=O)c1ccccc1. The molecule has 0 bridgehead atoms. The van der Waals surface area contributed by atoms with E-state index in [9.17, 15) is 14.7 Å². The van der Waals surface area contributed by atoms with Crippen molar-refractivity contribution in [2.45, 2.75) is 6.42 Å². The molecule has 2 atom stereocenters. The van der Waals surface area contributed by atoms with Crippen molar-refractivity contribution in [3.63, 3.8) is 0 Å². The summed E-state index contributed by atoms with van der Waals surface area (Å²) in [6.45, 7) is 0.576. The maximum absolute atomic E-state index is 12.7. The quantitative estimate of drug-likeness (QED) is 0.690. The van der Waals surface area contributed by atoms with Gasteiger partial charge in [0, 0.05) is 18.1 Å². The summed E-state index contributed by atoms with van der Waals surface area (Å²) in [5, 5.41) is 9.71. The molecule has 1 aromatic rings. The molecule has 108 valence electrons. The second-order valence-corrected chi connectivity index (χ2v) is 5.96. The number of nitrogens with zero attached hydrogens (tertiary/aromatic N) is 1. The van der Waals surface area contributed by atoms with Crippen LogP contribution in [0.1, 0.15) is 16.8 Å². The Bertz CT molecular complexity index is 693. The third kappa shape index (κ3) is 2.03. The molecule has 1 aromatic carbocycles. The van der Waals surface area contributed by atoms with E-state index in [4.69, 9.17) is 11.6 Å². The Labute approximate surface area is 127 Å². The lowest BCUT2D eigenvalue weighted by Crippen LogP contribution is -2.40. The second-order valence-electron chi connectivity index (χ2n) is 5.55. The standard InChI is InChI=1S/C16H14ClNO3/c1-18-8-7-11(16(20)21)14(18)12(17)9-13(18)15(19)10-5-3-2-4-6-10/h2-6,9,11H,7-8H2,1H3/p+1. The normalized spacial score (nSPS) is 27.5. The van der Waals surface area contributed by atoms with E-state index < -0.39 is 11.9 Å². The highest BCUT2D eigenvalue weighted by molar-refractivity contribution is 6.32. The fourth-order valence-corrected chi connectivity index (χ4v) is 3.67. The Balaban J connectivity index is 2.00. The van der Waals surface area contributed by atoms with Crippen LogP contribution in [0, 0.1) is 5.92 Å². The number of halogens is 1. The Morgan fingerprint density at radius 1 is 1.29 bits per heavy atom. The minimum absolute atomic E-state index is 0.0997. The lowest BCUT2D eigenvalue weighted by atomic mass is 10.1. The van der Waals surface area contributed by atoms with Crippen molar-refractivity contribution in [3.05, 3.63) is 58.4 Å². The van der Waals surface area contributed by atoms with Crippen molar-refractivity contribution >= 4 is 23.4 Å². The minimum Gasteiger partial charge on any atom is -0.481 e. The lowest BCUT2D eigenvalue weighted by Gasteiger charge is -2.28. The van der Waals surface area contributed by atoms with Gasteiger partial charge >= 0.3 is 5.97 Å². The van der Waals surface area contributed by atoms with Crippen LogP contribution in [0.15, 0.2) is 52.8 Å². The Morgan fingerprint density at radius 2 is 1.95 bits per heavy atom. The lowest BCUT2D eigenvalue weighted by molar-refractivity contribution is -0.817. The number of rotatable bonds is 3. The molecule has 0 aromatic heterocycles. The summed E-state index contributed by atoms with van der Waals surface area (Å²) in [4.78, 5) is 24.1. The van der Waals surface area contributed by atoms with Gasteiger partial charge in [-0.15, -0.1) is 0 Å². The topological polar surface area (TPSA) is 54.4 Å². The average Bonchev–Trinajstić information content (AvgIpc) is 2.94. The van der Waals surface area contributed by atoms with Gasteiger partial charge in [0.1, 0.15) is 16.6 Å². The fraction of sp³-hybridized carbons (Fsp3) is 0.250. The van der Waals surface area contributed by atoms with E-state index in [1.165, 1.54) is 0 Å². The third-order valence-corrected chi connectivity index (χ3v) is 4.64. The van der Waals surface area contributed by atoms with Crippen LogP contribution in [0.2, 0.25) is 0 Å². The van der Waals surface area contributed by atoms with Crippen LogP contribution in [0.25, 0.3) is 0 Å². The molecule has 2 aliphatic rings. The maximum atomic E-state index is 12.7. The predicted octanol–water partition coefficient (Wildman–Crippen LogP) is 2.77. The number of benzene rings is 1.